The number of ether oxygens (including phenoxy) is 1. The lowest BCUT2D eigenvalue weighted by Crippen LogP contribution is -2.33. The Bertz CT molecular complexity index is 1180. The second-order valence-corrected chi connectivity index (χ2v) is 10.2. The molecular formula is C24H28N2O6S. The molecule has 2 aromatic rings. The number of fused-ring (bicyclic) bond motifs is 1. The molecule has 0 aliphatic carbocycles. The quantitative estimate of drug-likeness (QED) is 0.389. The molecule has 1 aliphatic heterocycles. The van der Waals surface area contributed by atoms with Gasteiger partial charge in [-0.15, -0.1) is 0 Å². The standard InChI is InChI=1S/C24H28N2O6S/c1-17-10-11-20-21(15-17)24(29)26(23(20)28)13-5-9-22(27)25(2)12-6-14-32-18-7-4-8-19(16-18)33(3,30)31/h4,7-8,10-11,15-16H,5-6,9,12-14H2,1-3H3. The third-order valence-corrected chi connectivity index (χ3v) is 6.57. The van der Waals surface area contributed by atoms with Gasteiger partial charge in [0.1, 0.15) is 5.75 Å². The molecule has 0 atom stereocenters. The molecule has 0 unspecified atom stereocenters. The van der Waals surface area contributed by atoms with Crippen molar-refractivity contribution in [2.45, 2.75) is 31.1 Å². The molecule has 0 spiro atoms. The molecule has 33 heavy (non-hydrogen) atoms. The maximum Gasteiger partial charge on any atom is 0.261 e. The van der Waals surface area contributed by atoms with Crippen LogP contribution in [-0.2, 0) is 14.6 Å². The van der Waals surface area contributed by atoms with Crippen LogP contribution in [0.15, 0.2) is 47.4 Å². The van der Waals surface area contributed by atoms with Crippen LogP contribution in [0.25, 0.3) is 0 Å². The Kier molecular flexibility index (Phi) is 7.53. The number of aryl methyl sites for hydroxylation is 1. The highest BCUT2D eigenvalue weighted by Crippen LogP contribution is 2.24. The fourth-order valence-electron chi connectivity index (χ4n) is 3.60. The molecule has 3 amide bonds. The Hall–Kier alpha value is -3.20. The summed E-state index contributed by atoms with van der Waals surface area (Å²) in [4.78, 5) is 40.3. The highest BCUT2D eigenvalue weighted by Gasteiger charge is 2.35. The number of imide groups is 1. The van der Waals surface area contributed by atoms with Gasteiger partial charge in [-0.2, -0.15) is 0 Å². The predicted molar refractivity (Wildman–Crippen MR) is 123 cm³/mol. The zero-order valence-electron chi connectivity index (χ0n) is 19.0. The molecule has 176 valence electrons. The first kappa shape index (κ1) is 24.4. The minimum atomic E-state index is -3.30. The Morgan fingerprint density at radius 2 is 1.76 bits per heavy atom. The number of benzene rings is 2. The van der Waals surface area contributed by atoms with Crippen molar-refractivity contribution in [2.75, 3.05) is 33.0 Å². The highest BCUT2D eigenvalue weighted by atomic mass is 32.2. The van der Waals surface area contributed by atoms with Gasteiger partial charge >= 0.3 is 0 Å². The van der Waals surface area contributed by atoms with Crippen molar-refractivity contribution in [3.05, 3.63) is 59.2 Å². The van der Waals surface area contributed by atoms with Crippen molar-refractivity contribution >= 4 is 27.6 Å². The normalized spacial score (nSPS) is 13.2. The molecule has 0 saturated heterocycles. The van der Waals surface area contributed by atoms with Gasteiger partial charge in [0.25, 0.3) is 11.8 Å². The van der Waals surface area contributed by atoms with Crippen LogP contribution in [0.5, 0.6) is 5.75 Å². The number of carbonyl (C=O) groups excluding carboxylic acids is 3. The van der Waals surface area contributed by atoms with E-state index in [1.165, 1.54) is 17.0 Å². The van der Waals surface area contributed by atoms with E-state index in [1.807, 2.05) is 6.92 Å². The zero-order chi connectivity index (χ0) is 24.2. The fraction of sp³-hybridized carbons (Fsp3) is 0.375. The largest absolute Gasteiger partial charge is 0.493 e. The Balaban J connectivity index is 1.39. The number of rotatable bonds is 10. The number of hydrogen-bond acceptors (Lipinski definition) is 6. The fourth-order valence-corrected chi connectivity index (χ4v) is 4.25. The monoisotopic (exact) mass is 472 g/mol. The molecule has 0 N–H and O–H groups in total. The van der Waals surface area contributed by atoms with Crippen molar-refractivity contribution in [1.82, 2.24) is 9.80 Å². The summed E-state index contributed by atoms with van der Waals surface area (Å²) in [7, 11) is -1.61. The van der Waals surface area contributed by atoms with Gasteiger partial charge in [-0.25, -0.2) is 8.42 Å². The summed E-state index contributed by atoms with van der Waals surface area (Å²) >= 11 is 0. The van der Waals surface area contributed by atoms with Crippen LogP contribution in [0.2, 0.25) is 0 Å². The summed E-state index contributed by atoms with van der Waals surface area (Å²) in [6.07, 6.45) is 2.33. The number of hydrogen-bond donors (Lipinski definition) is 0. The number of nitrogens with zero attached hydrogens (tertiary/aromatic N) is 2. The van der Waals surface area contributed by atoms with Gasteiger partial charge in [-0.1, -0.05) is 17.7 Å². The van der Waals surface area contributed by atoms with Crippen LogP contribution in [0.1, 0.15) is 45.5 Å². The van der Waals surface area contributed by atoms with Gasteiger partial charge in [0.05, 0.1) is 22.6 Å². The van der Waals surface area contributed by atoms with Crippen LogP contribution in [0.4, 0.5) is 0 Å². The van der Waals surface area contributed by atoms with E-state index in [2.05, 4.69) is 0 Å². The number of amides is 3. The highest BCUT2D eigenvalue weighted by molar-refractivity contribution is 7.90. The Morgan fingerprint density at radius 3 is 2.48 bits per heavy atom. The predicted octanol–water partition coefficient (Wildman–Crippen LogP) is 2.70. The van der Waals surface area contributed by atoms with Crippen LogP contribution in [0.3, 0.4) is 0 Å². The first-order chi connectivity index (χ1) is 15.6. The summed E-state index contributed by atoms with van der Waals surface area (Å²) in [5.74, 6) is -0.242. The average molecular weight is 473 g/mol. The van der Waals surface area contributed by atoms with E-state index in [1.54, 1.807) is 42.3 Å². The van der Waals surface area contributed by atoms with Crippen LogP contribution >= 0.6 is 0 Å². The van der Waals surface area contributed by atoms with Crippen LogP contribution in [-0.4, -0.2) is 68.9 Å². The maximum atomic E-state index is 12.5. The van der Waals surface area contributed by atoms with E-state index in [0.29, 0.717) is 42.9 Å². The molecular weight excluding hydrogens is 444 g/mol. The minimum absolute atomic E-state index is 0.0819. The first-order valence-electron chi connectivity index (χ1n) is 10.7. The van der Waals surface area contributed by atoms with E-state index in [4.69, 9.17) is 4.74 Å². The van der Waals surface area contributed by atoms with Crippen LogP contribution < -0.4 is 4.74 Å². The van der Waals surface area contributed by atoms with Gasteiger partial charge in [-0.3, -0.25) is 19.3 Å². The second kappa shape index (κ2) is 10.2. The second-order valence-electron chi connectivity index (χ2n) is 8.18. The first-order valence-corrected chi connectivity index (χ1v) is 12.6. The van der Waals surface area contributed by atoms with Gasteiger partial charge in [0.2, 0.25) is 5.91 Å². The third kappa shape index (κ3) is 5.98. The molecule has 2 aromatic carbocycles. The summed E-state index contributed by atoms with van der Waals surface area (Å²) in [5.41, 5.74) is 1.75. The van der Waals surface area contributed by atoms with Gasteiger partial charge in [0, 0.05) is 32.8 Å². The lowest BCUT2D eigenvalue weighted by molar-refractivity contribution is -0.130. The summed E-state index contributed by atoms with van der Waals surface area (Å²) in [6.45, 7) is 2.87. The van der Waals surface area contributed by atoms with E-state index in [0.717, 1.165) is 11.8 Å². The molecule has 0 fully saturated rings. The average Bonchev–Trinajstić information content (AvgIpc) is 3.00. The number of sulfone groups is 1. The molecule has 1 heterocycles. The lowest BCUT2D eigenvalue weighted by Gasteiger charge is -2.18. The molecule has 9 heteroatoms. The molecule has 0 bridgehead atoms. The summed E-state index contributed by atoms with van der Waals surface area (Å²) in [6, 6.07) is 11.5. The molecule has 0 aromatic heterocycles. The minimum Gasteiger partial charge on any atom is -0.493 e. The summed E-state index contributed by atoms with van der Waals surface area (Å²) < 4.78 is 28.8. The van der Waals surface area contributed by atoms with Gasteiger partial charge < -0.3 is 9.64 Å². The zero-order valence-corrected chi connectivity index (χ0v) is 19.9. The van der Waals surface area contributed by atoms with Crippen molar-refractivity contribution in [3.8, 4) is 5.75 Å². The van der Waals surface area contributed by atoms with Gasteiger partial charge in [0.15, 0.2) is 9.84 Å². The van der Waals surface area contributed by atoms with E-state index < -0.39 is 9.84 Å². The molecule has 3 rings (SSSR count). The van der Waals surface area contributed by atoms with E-state index in [-0.39, 0.29) is 35.6 Å². The van der Waals surface area contributed by atoms with Crippen LogP contribution in [0, 0.1) is 6.92 Å². The summed E-state index contributed by atoms with van der Waals surface area (Å²) in [5, 5.41) is 0. The van der Waals surface area contributed by atoms with E-state index in [9.17, 15) is 22.8 Å². The molecule has 1 aliphatic rings. The van der Waals surface area contributed by atoms with Gasteiger partial charge in [-0.05, 0) is 50.1 Å². The SMILES string of the molecule is Cc1ccc2c(c1)C(=O)N(CCCC(=O)N(C)CCCOc1cccc(S(C)(=O)=O)c1)C2=O. The molecule has 0 saturated carbocycles. The molecule has 8 nitrogen and oxygen atoms in total. The smallest absolute Gasteiger partial charge is 0.261 e. The van der Waals surface area contributed by atoms with Crippen molar-refractivity contribution in [2.24, 2.45) is 0 Å². The van der Waals surface area contributed by atoms with Crippen molar-refractivity contribution in [1.29, 1.82) is 0 Å². The Morgan fingerprint density at radius 1 is 1.03 bits per heavy atom. The van der Waals surface area contributed by atoms with Crippen molar-refractivity contribution < 1.29 is 27.5 Å². The Labute approximate surface area is 194 Å². The lowest BCUT2D eigenvalue weighted by atomic mass is 10.1. The third-order valence-electron chi connectivity index (χ3n) is 5.46. The maximum absolute atomic E-state index is 12.5. The number of carbonyl (C=O) groups is 3. The molecule has 0 radical (unpaired) electrons. The van der Waals surface area contributed by atoms with Crippen molar-refractivity contribution in [3.63, 3.8) is 0 Å². The van der Waals surface area contributed by atoms with E-state index >= 15 is 0 Å². The topological polar surface area (TPSA) is 101 Å².